The van der Waals surface area contributed by atoms with Crippen LogP contribution in [0.25, 0.3) is 0 Å². The number of halogens is 1. The molecule has 0 unspecified atom stereocenters. The van der Waals surface area contributed by atoms with E-state index in [4.69, 9.17) is 5.26 Å². The van der Waals surface area contributed by atoms with Gasteiger partial charge < -0.3 is 0 Å². The minimum absolute atomic E-state index is 0.298. The van der Waals surface area contributed by atoms with E-state index in [-0.39, 0.29) is 11.4 Å². The van der Waals surface area contributed by atoms with Crippen molar-refractivity contribution in [1.82, 2.24) is 9.71 Å². The first-order valence-corrected chi connectivity index (χ1v) is 5.02. The Hall–Kier alpha value is -1.52. The number of hydrogen-bond acceptors (Lipinski definition) is 4. The Morgan fingerprint density at radius 1 is 1.57 bits per heavy atom. The molecule has 0 aliphatic carbocycles. The molecule has 1 N–H and O–H groups in total. The van der Waals surface area contributed by atoms with Crippen molar-refractivity contribution in [2.45, 2.75) is 4.90 Å². The van der Waals surface area contributed by atoms with Crippen LogP contribution in [-0.2, 0) is 10.0 Å². The molecule has 1 rings (SSSR count). The third-order valence-electron chi connectivity index (χ3n) is 1.33. The number of nitrogens with zero attached hydrogens (tertiary/aromatic N) is 2. The summed E-state index contributed by atoms with van der Waals surface area (Å²) < 4.78 is 37.1. The maximum atomic E-state index is 12.6. The van der Waals surface area contributed by atoms with Gasteiger partial charge in [0.1, 0.15) is 10.7 Å². The van der Waals surface area contributed by atoms with Crippen LogP contribution in [0.2, 0.25) is 0 Å². The van der Waals surface area contributed by atoms with Crippen molar-refractivity contribution in [3.05, 3.63) is 24.3 Å². The highest BCUT2D eigenvalue weighted by molar-refractivity contribution is 7.89. The standard InChI is InChI=1S/C7H6FN3O2S/c8-6-3-7(5-10-4-6)14(12,13)11-2-1-9/h3-5,11H,2H2. The van der Waals surface area contributed by atoms with E-state index < -0.39 is 15.8 Å². The van der Waals surface area contributed by atoms with E-state index in [1.165, 1.54) is 0 Å². The molecule has 0 bridgehead atoms. The number of rotatable bonds is 3. The zero-order valence-corrected chi connectivity index (χ0v) is 7.75. The first-order chi connectivity index (χ1) is 6.56. The van der Waals surface area contributed by atoms with Gasteiger partial charge in [-0.1, -0.05) is 0 Å². The van der Waals surface area contributed by atoms with Crippen LogP contribution in [0.4, 0.5) is 4.39 Å². The van der Waals surface area contributed by atoms with Crippen LogP contribution in [0.1, 0.15) is 0 Å². The van der Waals surface area contributed by atoms with E-state index in [2.05, 4.69) is 4.98 Å². The van der Waals surface area contributed by atoms with Gasteiger partial charge in [-0.25, -0.2) is 12.8 Å². The second kappa shape index (κ2) is 4.13. The molecule has 0 saturated carbocycles. The summed E-state index contributed by atoms with van der Waals surface area (Å²) in [4.78, 5) is 3.08. The normalized spacial score (nSPS) is 10.9. The van der Waals surface area contributed by atoms with E-state index in [1.807, 2.05) is 4.72 Å². The minimum atomic E-state index is -3.82. The minimum Gasteiger partial charge on any atom is -0.260 e. The van der Waals surface area contributed by atoms with E-state index in [9.17, 15) is 12.8 Å². The van der Waals surface area contributed by atoms with Gasteiger partial charge in [0, 0.05) is 6.20 Å². The first kappa shape index (κ1) is 10.6. The van der Waals surface area contributed by atoms with Gasteiger partial charge in [-0.05, 0) is 6.07 Å². The molecule has 0 fully saturated rings. The third-order valence-corrected chi connectivity index (χ3v) is 2.70. The van der Waals surface area contributed by atoms with Gasteiger partial charge in [0.25, 0.3) is 0 Å². The molecule has 0 amide bonds. The van der Waals surface area contributed by atoms with Crippen molar-refractivity contribution in [2.75, 3.05) is 6.54 Å². The van der Waals surface area contributed by atoms with Crippen LogP contribution in [0, 0.1) is 17.1 Å². The smallest absolute Gasteiger partial charge is 0.243 e. The summed E-state index contributed by atoms with van der Waals surface area (Å²) in [5.41, 5.74) is 0. The van der Waals surface area contributed by atoms with Crippen molar-refractivity contribution in [3.63, 3.8) is 0 Å². The average Bonchev–Trinajstić information content (AvgIpc) is 2.15. The van der Waals surface area contributed by atoms with Gasteiger partial charge in [0.15, 0.2) is 0 Å². The van der Waals surface area contributed by atoms with Crippen molar-refractivity contribution in [2.24, 2.45) is 0 Å². The fourth-order valence-corrected chi connectivity index (χ4v) is 1.64. The highest BCUT2D eigenvalue weighted by Crippen LogP contribution is 2.07. The lowest BCUT2D eigenvalue weighted by molar-refractivity contribution is 0.579. The molecule has 0 aromatic carbocycles. The van der Waals surface area contributed by atoms with Crippen molar-refractivity contribution in [3.8, 4) is 6.07 Å². The summed E-state index contributed by atoms with van der Waals surface area (Å²) in [6.07, 6.45) is 1.89. The monoisotopic (exact) mass is 215 g/mol. The summed E-state index contributed by atoms with van der Waals surface area (Å²) >= 11 is 0. The molecule has 7 heteroatoms. The van der Waals surface area contributed by atoms with Crippen LogP contribution < -0.4 is 4.72 Å². The Bertz CT molecular complexity index is 466. The predicted molar refractivity (Wildman–Crippen MR) is 45.0 cm³/mol. The van der Waals surface area contributed by atoms with Crippen molar-refractivity contribution >= 4 is 10.0 Å². The predicted octanol–water partition coefficient (Wildman–Crippen LogP) is 0.0226. The molecule has 74 valence electrons. The molecule has 0 aliphatic heterocycles. The van der Waals surface area contributed by atoms with E-state index >= 15 is 0 Å². The highest BCUT2D eigenvalue weighted by Gasteiger charge is 2.13. The van der Waals surface area contributed by atoms with Gasteiger partial charge >= 0.3 is 0 Å². The number of hydrogen-bond donors (Lipinski definition) is 1. The molecule has 1 aromatic rings. The molecular formula is C7H6FN3O2S. The van der Waals surface area contributed by atoms with E-state index in [1.54, 1.807) is 6.07 Å². The summed E-state index contributed by atoms with van der Waals surface area (Å²) in [6.45, 7) is -0.362. The summed E-state index contributed by atoms with van der Waals surface area (Å²) in [5, 5.41) is 8.16. The quantitative estimate of drug-likeness (QED) is 0.720. The Morgan fingerprint density at radius 2 is 2.29 bits per heavy atom. The van der Waals surface area contributed by atoms with Gasteiger partial charge in [-0.15, -0.1) is 0 Å². The Kier molecular flexibility index (Phi) is 3.11. The largest absolute Gasteiger partial charge is 0.260 e. The summed E-state index contributed by atoms with van der Waals surface area (Å²) in [5.74, 6) is -0.746. The first-order valence-electron chi connectivity index (χ1n) is 3.53. The lowest BCUT2D eigenvalue weighted by atomic mass is 10.5. The number of aromatic nitrogens is 1. The molecule has 0 saturated heterocycles. The van der Waals surface area contributed by atoms with Gasteiger partial charge in [0.05, 0.1) is 18.8 Å². The Balaban J connectivity index is 3.00. The number of pyridine rings is 1. The Labute approximate surface area is 80.2 Å². The molecule has 5 nitrogen and oxygen atoms in total. The topological polar surface area (TPSA) is 82.9 Å². The van der Waals surface area contributed by atoms with Crippen LogP contribution in [0.3, 0.4) is 0 Å². The van der Waals surface area contributed by atoms with E-state index in [0.29, 0.717) is 0 Å². The van der Waals surface area contributed by atoms with Gasteiger partial charge in [-0.2, -0.15) is 9.98 Å². The number of sulfonamides is 1. The SMILES string of the molecule is N#CCNS(=O)(=O)c1cncc(F)c1. The lowest BCUT2D eigenvalue weighted by Crippen LogP contribution is -2.24. The van der Waals surface area contributed by atoms with Crippen LogP contribution >= 0.6 is 0 Å². The highest BCUT2D eigenvalue weighted by atomic mass is 32.2. The molecule has 0 radical (unpaired) electrons. The summed E-state index contributed by atoms with van der Waals surface area (Å²) in [6, 6.07) is 2.43. The van der Waals surface area contributed by atoms with E-state index in [0.717, 1.165) is 18.5 Å². The molecule has 1 aromatic heterocycles. The third kappa shape index (κ3) is 2.48. The molecular weight excluding hydrogens is 209 g/mol. The van der Waals surface area contributed by atoms with Crippen molar-refractivity contribution < 1.29 is 12.8 Å². The maximum Gasteiger partial charge on any atom is 0.243 e. The molecule has 0 spiro atoms. The van der Waals surface area contributed by atoms with Gasteiger partial charge in [-0.3, -0.25) is 4.98 Å². The number of nitriles is 1. The Morgan fingerprint density at radius 3 is 2.86 bits per heavy atom. The van der Waals surface area contributed by atoms with Crippen molar-refractivity contribution in [1.29, 1.82) is 5.26 Å². The average molecular weight is 215 g/mol. The van der Waals surface area contributed by atoms with Gasteiger partial charge in [0.2, 0.25) is 10.0 Å². The van der Waals surface area contributed by atoms with Crippen LogP contribution in [0.5, 0.6) is 0 Å². The fraction of sp³-hybridized carbons (Fsp3) is 0.143. The fourth-order valence-electron chi connectivity index (χ4n) is 0.750. The summed E-state index contributed by atoms with van der Waals surface area (Å²) in [7, 11) is -3.82. The second-order valence-electron chi connectivity index (χ2n) is 2.32. The lowest BCUT2D eigenvalue weighted by Gasteiger charge is -2.01. The molecule has 0 aliphatic rings. The van der Waals surface area contributed by atoms with Crippen LogP contribution in [-0.4, -0.2) is 19.9 Å². The number of nitrogens with one attached hydrogen (secondary N) is 1. The van der Waals surface area contributed by atoms with Crippen LogP contribution in [0.15, 0.2) is 23.4 Å². The zero-order chi connectivity index (χ0) is 10.6. The molecule has 1 heterocycles. The maximum absolute atomic E-state index is 12.6. The second-order valence-corrected chi connectivity index (χ2v) is 4.09. The molecule has 14 heavy (non-hydrogen) atoms. The zero-order valence-electron chi connectivity index (χ0n) is 6.94. The molecule has 0 atom stereocenters.